The number of carbonyl (C=O) groups excluding carboxylic acids is 1. The average Bonchev–Trinajstić information content (AvgIpc) is 2.40. The van der Waals surface area contributed by atoms with Crippen molar-refractivity contribution in [3.63, 3.8) is 0 Å². The van der Waals surface area contributed by atoms with Gasteiger partial charge < -0.3 is 15.0 Å². The molecule has 0 aromatic heterocycles. The maximum atomic E-state index is 11.7. The maximum Gasteiger partial charge on any atom is 0.338 e. The van der Waals surface area contributed by atoms with Gasteiger partial charge in [-0.3, -0.25) is 0 Å². The van der Waals surface area contributed by atoms with Crippen LogP contribution in [0.2, 0.25) is 0 Å². The van der Waals surface area contributed by atoms with Crippen LogP contribution in [0.1, 0.15) is 28.8 Å². The van der Waals surface area contributed by atoms with Crippen LogP contribution >= 0.6 is 0 Å². The van der Waals surface area contributed by atoms with E-state index in [9.17, 15) is 4.79 Å². The second-order valence-corrected chi connectivity index (χ2v) is 5.22. The quantitative estimate of drug-likeness (QED) is 0.849. The molecule has 1 aliphatic heterocycles. The van der Waals surface area contributed by atoms with Crippen molar-refractivity contribution in [1.29, 1.82) is 0 Å². The Morgan fingerprint density at radius 3 is 2.95 bits per heavy atom. The molecule has 1 aromatic rings. The van der Waals surface area contributed by atoms with Gasteiger partial charge in [-0.05, 0) is 51.1 Å². The van der Waals surface area contributed by atoms with Gasteiger partial charge in [-0.1, -0.05) is 6.07 Å². The number of carbonyl (C=O) groups is 1. The summed E-state index contributed by atoms with van der Waals surface area (Å²) in [4.78, 5) is 14.0. The molecule has 4 heteroatoms. The van der Waals surface area contributed by atoms with E-state index in [1.807, 2.05) is 19.1 Å². The molecule has 0 bridgehead atoms. The number of nitrogens with zero attached hydrogens (tertiary/aromatic N) is 1. The summed E-state index contributed by atoms with van der Waals surface area (Å²) in [5.74, 6) is -0.276. The molecule has 4 nitrogen and oxygen atoms in total. The number of benzene rings is 1. The fourth-order valence-electron chi connectivity index (χ4n) is 2.63. The van der Waals surface area contributed by atoms with Crippen LogP contribution < -0.4 is 5.32 Å². The fraction of sp³-hybridized carbons (Fsp3) is 0.533. The van der Waals surface area contributed by atoms with Gasteiger partial charge in [0.25, 0.3) is 0 Å². The molecular weight excluding hydrogens is 240 g/mol. The highest BCUT2D eigenvalue weighted by Crippen LogP contribution is 2.22. The summed E-state index contributed by atoms with van der Waals surface area (Å²) >= 11 is 0. The first kappa shape index (κ1) is 13.9. The molecule has 19 heavy (non-hydrogen) atoms. The number of rotatable bonds is 3. The molecule has 0 spiro atoms. The van der Waals surface area contributed by atoms with Crippen molar-refractivity contribution in [1.82, 2.24) is 4.90 Å². The first-order valence-electron chi connectivity index (χ1n) is 6.75. The Labute approximate surface area is 114 Å². The number of piperidine rings is 1. The Hall–Kier alpha value is -1.55. The number of hydrogen-bond acceptors (Lipinski definition) is 4. The van der Waals surface area contributed by atoms with Crippen LogP contribution in [0.4, 0.5) is 5.69 Å². The van der Waals surface area contributed by atoms with Crippen LogP contribution in [0.3, 0.4) is 0 Å². The van der Waals surface area contributed by atoms with E-state index in [0.29, 0.717) is 11.6 Å². The lowest BCUT2D eigenvalue weighted by atomic mass is 10.0. The molecule has 0 amide bonds. The summed E-state index contributed by atoms with van der Waals surface area (Å²) in [5.41, 5.74) is 2.63. The lowest BCUT2D eigenvalue weighted by molar-refractivity contribution is 0.0600. The smallest absolute Gasteiger partial charge is 0.338 e. The monoisotopic (exact) mass is 262 g/mol. The van der Waals surface area contributed by atoms with Gasteiger partial charge in [0.15, 0.2) is 0 Å². The highest BCUT2D eigenvalue weighted by molar-refractivity contribution is 5.92. The van der Waals surface area contributed by atoms with E-state index in [2.05, 4.69) is 17.3 Å². The fourth-order valence-corrected chi connectivity index (χ4v) is 2.63. The van der Waals surface area contributed by atoms with Gasteiger partial charge in [0.2, 0.25) is 0 Å². The number of likely N-dealkylation sites (N-methyl/N-ethyl adjacent to an activating group) is 1. The first-order valence-corrected chi connectivity index (χ1v) is 6.75. The molecule has 1 aromatic carbocycles. The summed E-state index contributed by atoms with van der Waals surface area (Å²) in [5, 5.41) is 3.55. The molecule has 1 atom stereocenters. The van der Waals surface area contributed by atoms with Gasteiger partial charge in [-0.25, -0.2) is 4.79 Å². The van der Waals surface area contributed by atoms with Gasteiger partial charge in [0.05, 0.1) is 12.7 Å². The molecule has 104 valence electrons. The number of nitrogens with one attached hydrogen (secondary N) is 1. The number of ether oxygens (including phenoxy) is 1. The third-order valence-corrected chi connectivity index (χ3v) is 3.72. The zero-order valence-electron chi connectivity index (χ0n) is 11.9. The van der Waals surface area contributed by atoms with Crippen molar-refractivity contribution in [3.05, 3.63) is 29.3 Å². The third-order valence-electron chi connectivity index (χ3n) is 3.72. The highest BCUT2D eigenvalue weighted by Gasteiger charge is 2.18. The van der Waals surface area contributed by atoms with Crippen molar-refractivity contribution >= 4 is 11.7 Å². The summed E-state index contributed by atoms with van der Waals surface area (Å²) in [7, 11) is 3.56. The van der Waals surface area contributed by atoms with Crippen molar-refractivity contribution in [2.75, 3.05) is 32.6 Å². The number of anilines is 1. The standard InChI is InChI=1S/C15H22N2O2/c1-11-13(15(18)19-3)7-4-8-14(11)16-12-6-5-9-17(2)10-12/h4,7-8,12,16H,5-6,9-10H2,1-3H3. The minimum absolute atomic E-state index is 0.276. The Kier molecular flexibility index (Phi) is 4.43. The summed E-state index contributed by atoms with van der Waals surface area (Å²) < 4.78 is 4.80. The molecule has 2 rings (SSSR count). The second-order valence-electron chi connectivity index (χ2n) is 5.22. The first-order chi connectivity index (χ1) is 9.11. The molecule has 1 aliphatic rings. The second kappa shape index (κ2) is 6.06. The van der Waals surface area contributed by atoms with Gasteiger partial charge >= 0.3 is 5.97 Å². The molecular formula is C15H22N2O2. The number of methoxy groups -OCH3 is 1. The SMILES string of the molecule is COC(=O)c1cccc(NC2CCCN(C)C2)c1C. The molecule has 0 aliphatic carbocycles. The molecule has 1 saturated heterocycles. The molecule has 0 saturated carbocycles. The minimum atomic E-state index is -0.276. The van der Waals surface area contributed by atoms with Gasteiger partial charge in [-0.15, -0.1) is 0 Å². The van der Waals surface area contributed by atoms with E-state index in [-0.39, 0.29) is 5.97 Å². The van der Waals surface area contributed by atoms with Crippen molar-refractivity contribution < 1.29 is 9.53 Å². The minimum Gasteiger partial charge on any atom is -0.465 e. The Bertz CT molecular complexity index is 459. The van der Waals surface area contributed by atoms with Crippen LogP contribution in [-0.2, 0) is 4.74 Å². The third kappa shape index (κ3) is 3.26. The number of esters is 1. The molecule has 0 radical (unpaired) electrons. The van der Waals surface area contributed by atoms with Crippen LogP contribution in [0, 0.1) is 6.92 Å². The predicted molar refractivity (Wildman–Crippen MR) is 76.7 cm³/mol. The van der Waals surface area contributed by atoms with Crippen LogP contribution in [0.5, 0.6) is 0 Å². The van der Waals surface area contributed by atoms with Crippen LogP contribution in [0.15, 0.2) is 18.2 Å². The van der Waals surface area contributed by atoms with Gasteiger partial charge in [0.1, 0.15) is 0 Å². The van der Waals surface area contributed by atoms with E-state index in [1.165, 1.54) is 26.5 Å². The van der Waals surface area contributed by atoms with E-state index in [0.717, 1.165) is 17.8 Å². The number of likely N-dealkylation sites (tertiary alicyclic amines) is 1. The largest absolute Gasteiger partial charge is 0.465 e. The molecule has 1 heterocycles. The summed E-state index contributed by atoms with van der Waals surface area (Å²) in [6.07, 6.45) is 2.39. The van der Waals surface area contributed by atoms with Gasteiger partial charge in [0, 0.05) is 18.3 Å². The maximum absolute atomic E-state index is 11.7. The Morgan fingerprint density at radius 2 is 2.26 bits per heavy atom. The van der Waals surface area contributed by atoms with E-state index in [4.69, 9.17) is 4.74 Å². The predicted octanol–water partition coefficient (Wildman–Crippen LogP) is 2.29. The Balaban J connectivity index is 2.14. The molecule has 1 unspecified atom stereocenters. The summed E-state index contributed by atoms with van der Waals surface area (Å²) in [6, 6.07) is 6.18. The van der Waals surface area contributed by atoms with Crippen LogP contribution in [0.25, 0.3) is 0 Å². The molecule has 1 fully saturated rings. The molecule has 1 N–H and O–H groups in total. The topological polar surface area (TPSA) is 41.6 Å². The van der Waals surface area contributed by atoms with E-state index in [1.54, 1.807) is 6.07 Å². The van der Waals surface area contributed by atoms with Gasteiger partial charge in [-0.2, -0.15) is 0 Å². The Morgan fingerprint density at radius 1 is 1.47 bits per heavy atom. The van der Waals surface area contributed by atoms with Crippen LogP contribution in [-0.4, -0.2) is 44.2 Å². The summed E-state index contributed by atoms with van der Waals surface area (Å²) in [6.45, 7) is 4.17. The van der Waals surface area contributed by atoms with Crippen molar-refractivity contribution in [3.8, 4) is 0 Å². The lowest BCUT2D eigenvalue weighted by Crippen LogP contribution is -2.39. The normalized spacial score (nSPS) is 20.1. The highest BCUT2D eigenvalue weighted by atomic mass is 16.5. The van der Waals surface area contributed by atoms with E-state index < -0.39 is 0 Å². The van der Waals surface area contributed by atoms with E-state index >= 15 is 0 Å². The van der Waals surface area contributed by atoms with Crippen molar-refractivity contribution in [2.24, 2.45) is 0 Å². The average molecular weight is 262 g/mol. The zero-order chi connectivity index (χ0) is 13.8. The zero-order valence-corrected chi connectivity index (χ0v) is 11.9. The number of hydrogen-bond donors (Lipinski definition) is 1. The lowest BCUT2D eigenvalue weighted by Gasteiger charge is -2.31. The van der Waals surface area contributed by atoms with Crippen molar-refractivity contribution in [2.45, 2.75) is 25.8 Å².